The summed E-state index contributed by atoms with van der Waals surface area (Å²) in [7, 11) is 0. The molecule has 1 saturated carbocycles. The van der Waals surface area contributed by atoms with E-state index in [0.29, 0.717) is 17.8 Å². The number of allylic oxidation sites excluding steroid dienone is 2. The fourth-order valence-corrected chi connectivity index (χ4v) is 6.19. The van der Waals surface area contributed by atoms with Crippen LogP contribution in [0.2, 0.25) is 0 Å². The van der Waals surface area contributed by atoms with Crippen molar-refractivity contribution in [1.82, 2.24) is 0 Å². The van der Waals surface area contributed by atoms with Gasteiger partial charge in [-0.2, -0.15) is 0 Å². The Kier molecular flexibility index (Phi) is 3.01. The molecule has 4 aliphatic carbocycles. The molecule has 0 aromatic carbocycles. The van der Waals surface area contributed by atoms with Gasteiger partial charge < -0.3 is 15.3 Å². The molecule has 0 aromatic rings. The van der Waals surface area contributed by atoms with Gasteiger partial charge in [0.15, 0.2) is 5.76 Å². The van der Waals surface area contributed by atoms with Crippen molar-refractivity contribution in [2.24, 2.45) is 22.7 Å². The quantitative estimate of drug-likeness (QED) is 0.582. The van der Waals surface area contributed by atoms with E-state index in [4.69, 9.17) is 0 Å². The van der Waals surface area contributed by atoms with E-state index < -0.39 is 11.5 Å². The molecule has 0 aliphatic heterocycles. The molecule has 2 unspecified atom stereocenters. The SMILES string of the molecule is C[C@]12C(O)=C(O)C(O)CC1CCC1=C2CC[C@]2(C)CCC[C@@H]12. The molecule has 0 spiro atoms. The fraction of sp³-hybridized carbons (Fsp3) is 0.789. The maximum absolute atomic E-state index is 10.7. The Morgan fingerprint density at radius 2 is 1.82 bits per heavy atom. The maximum Gasteiger partial charge on any atom is 0.159 e. The van der Waals surface area contributed by atoms with Gasteiger partial charge in [0.2, 0.25) is 0 Å². The molecule has 122 valence electrons. The van der Waals surface area contributed by atoms with Crippen LogP contribution in [0.1, 0.15) is 65.2 Å². The summed E-state index contributed by atoms with van der Waals surface area (Å²) < 4.78 is 0. The van der Waals surface area contributed by atoms with Crippen molar-refractivity contribution in [3.05, 3.63) is 22.7 Å². The molecule has 0 heterocycles. The summed E-state index contributed by atoms with van der Waals surface area (Å²) >= 11 is 0. The first kappa shape index (κ1) is 14.6. The molecule has 4 aliphatic rings. The van der Waals surface area contributed by atoms with E-state index in [-0.39, 0.29) is 17.4 Å². The highest BCUT2D eigenvalue weighted by molar-refractivity contribution is 5.40. The van der Waals surface area contributed by atoms with Crippen molar-refractivity contribution in [1.29, 1.82) is 0 Å². The molecule has 3 heteroatoms. The van der Waals surface area contributed by atoms with E-state index in [0.717, 1.165) is 19.3 Å². The minimum Gasteiger partial charge on any atom is -0.508 e. The summed E-state index contributed by atoms with van der Waals surface area (Å²) in [6.07, 6.45) is 8.02. The molecule has 22 heavy (non-hydrogen) atoms. The van der Waals surface area contributed by atoms with E-state index in [1.807, 2.05) is 0 Å². The van der Waals surface area contributed by atoms with Gasteiger partial charge in [-0.15, -0.1) is 0 Å². The molecule has 0 amide bonds. The molecule has 0 bridgehead atoms. The van der Waals surface area contributed by atoms with Crippen molar-refractivity contribution in [2.75, 3.05) is 0 Å². The predicted octanol–water partition coefficient (Wildman–Crippen LogP) is 4.39. The van der Waals surface area contributed by atoms with Gasteiger partial charge in [0.1, 0.15) is 11.9 Å². The first-order chi connectivity index (χ1) is 10.4. The second-order valence-corrected chi connectivity index (χ2v) is 8.53. The summed E-state index contributed by atoms with van der Waals surface area (Å²) in [5.41, 5.74) is 2.99. The Balaban J connectivity index is 1.85. The molecule has 0 saturated heterocycles. The number of hydrogen-bond donors (Lipinski definition) is 3. The van der Waals surface area contributed by atoms with Crippen molar-refractivity contribution in [3.63, 3.8) is 0 Å². The van der Waals surface area contributed by atoms with Crippen LogP contribution in [0, 0.1) is 22.7 Å². The minimum atomic E-state index is -0.888. The number of rotatable bonds is 0. The smallest absolute Gasteiger partial charge is 0.159 e. The molecular formula is C19H28O3. The highest BCUT2D eigenvalue weighted by Crippen LogP contribution is 2.63. The van der Waals surface area contributed by atoms with Crippen LogP contribution in [0.25, 0.3) is 0 Å². The molecule has 3 N–H and O–H groups in total. The zero-order valence-corrected chi connectivity index (χ0v) is 13.7. The van der Waals surface area contributed by atoms with Gasteiger partial charge in [-0.25, -0.2) is 0 Å². The third-order valence-corrected chi connectivity index (χ3v) is 7.60. The van der Waals surface area contributed by atoms with Crippen LogP contribution in [0.4, 0.5) is 0 Å². The molecule has 5 atom stereocenters. The minimum absolute atomic E-state index is 0.0463. The van der Waals surface area contributed by atoms with E-state index in [1.165, 1.54) is 31.3 Å². The van der Waals surface area contributed by atoms with Crippen LogP contribution in [0.3, 0.4) is 0 Å². The van der Waals surface area contributed by atoms with Crippen LogP contribution in [-0.4, -0.2) is 21.4 Å². The van der Waals surface area contributed by atoms with Crippen LogP contribution in [0.15, 0.2) is 22.7 Å². The second kappa shape index (κ2) is 4.53. The highest BCUT2D eigenvalue weighted by Gasteiger charge is 2.55. The van der Waals surface area contributed by atoms with Crippen LogP contribution >= 0.6 is 0 Å². The van der Waals surface area contributed by atoms with Crippen LogP contribution < -0.4 is 0 Å². The first-order valence-electron chi connectivity index (χ1n) is 8.91. The zero-order chi connectivity index (χ0) is 15.7. The monoisotopic (exact) mass is 304 g/mol. The zero-order valence-electron chi connectivity index (χ0n) is 13.7. The summed E-state index contributed by atoms with van der Waals surface area (Å²) in [5, 5.41) is 30.8. The summed E-state index contributed by atoms with van der Waals surface area (Å²) in [6.45, 7) is 4.54. The van der Waals surface area contributed by atoms with Gasteiger partial charge in [-0.05, 0) is 69.1 Å². The predicted molar refractivity (Wildman–Crippen MR) is 85.4 cm³/mol. The van der Waals surface area contributed by atoms with Crippen molar-refractivity contribution in [3.8, 4) is 0 Å². The highest BCUT2D eigenvalue weighted by atomic mass is 16.3. The van der Waals surface area contributed by atoms with Gasteiger partial charge in [-0.1, -0.05) is 24.5 Å². The molecule has 1 fully saturated rings. The summed E-state index contributed by atoms with van der Waals surface area (Å²) in [6, 6.07) is 0. The third-order valence-electron chi connectivity index (χ3n) is 7.60. The van der Waals surface area contributed by atoms with Gasteiger partial charge in [0, 0.05) is 0 Å². The topological polar surface area (TPSA) is 60.7 Å². The molecule has 0 radical (unpaired) electrons. The Morgan fingerprint density at radius 3 is 2.59 bits per heavy atom. The Labute approximate surface area is 132 Å². The van der Waals surface area contributed by atoms with Crippen molar-refractivity contribution < 1.29 is 15.3 Å². The lowest BCUT2D eigenvalue weighted by molar-refractivity contribution is 0.0250. The lowest BCUT2D eigenvalue weighted by atomic mass is 9.52. The third kappa shape index (κ3) is 1.66. The Bertz CT molecular complexity index is 575. The molecule has 4 rings (SSSR count). The average molecular weight is 304 g/mol. The molecular weight excluding hydrogens is 276 g/mol. The number of aliphatic hydroxyl groups excluding tert-OH is 3. The summed E-state index contributed by atoms with van der Waals surface area (Å²) in [5.74, 6) is 0.788. The van der Waals surface area contributed by atoms with Gasteiger partial charge in [0.05, 0.1) is 5.41 Å². The van der Waals surface area contributed by atoms with E-state index in [2.05, 4.69) is 13.8 Å². The van der Waals surface area contributed by atoms with E-state index in [1.54, 1.807) is 5.57 Å². The lowest BCUT2D eigenvalue weighted by Gasteiger charge is -2.52. The van der Waals surface area contributed by atoms with Crippen LogP contribution in [-0.2, 0) is 0 Å². The molecule has 0 aromatic heterocycles. The second-order valence-electron chi connectivity index (χ2n) is 8.53. The van der Waals surface area contributed by atoms with Crippen molar-refractivity contribution >= 4 is 0 Å². The van der Waals surface area contributed by atoms with Crippen LogP contribution in [0.5, 0.6) is 0 Å². The van der Waals surface area contributed by atoms with Gasteiger partial charge >= 0.3 is 0 Å². The maximum atomic E-state index is 10.7. The lowest BCUT2D eigenvalue weighted by Crippen LogP contribution is -2.46. The van der Waals surface area contributed by atoms with Gasteiger partial charge in [-0.3, -0.25) is 0 Å². The standard InChI is InChI=1S/C19H28O3/c1-18-8-3-4-13(18)12-6-5-11-10-15(20)16(21)17(22)19(11,2)14(12)7-9-18/h11,13,15,20-22H,3-10H2,1-2H3/t11?,13-,15?,18-,19-/m0/s1. The number of aliphatic hydroxyl groups is 3. The Morgan fingerprint density at radius 1 is 1.05 bits per heavy atom. The fourth-order valence-electron chi connectivity index (χ4n) is 6.19. The number of hydrogen-bond acceptors (Lipinski definition) is 3. The largest absolute Gasteiger partial charge is 0.508 e. The first-order valence-corrected chi connectivity index (χ1v) is 8.91. The van der Waals surface area contributed by atoms with E-state index in [9.17, 15) is 15.3 Å². The van der Waals surface area contributed by atoms with Crippen molar-refractivity contribution in [2.45, 2.75) is 71.3 Å². The van der Waals surface area contributed by atoms with E-state index >= 15 is 0 Å². The summed E-state index contributed by atoms with van der Waals surface area (Å²) in [4.78, 5) is 0. The number of fused-ring (bicyclic) bond motifs is 4. The average Bonchev–Trinajstić information content (AvgIpc) is 2.89. The molecule has 3 nitrogen and oxygen atoms in total. The normalized spacial score (nSPS) is 48.0. The van der Waals surface area contributed by atoms with Gasteiger partial charge in [0.25, 0.3) is 0 Å². The Hall–Kier alpha value is -0.960.